The molecule has 7 nitrogen and oxygen atoms in total. The lowest BCUT2D eigenvalue weighted by Gasteiger charge is -2.35. The van der Waals surface area contributed by atoms with Gasteiger partial charge >= 0.3 is 0 Å². The molecule has 0 N–H and O–H groups in total. The highest BCUT2D eigenvalue weighted by molar-refractivity contribution is 5.45. The quantitative estimate of drug-likeness (QED) is 0.680. The first-order valence-electron chi connectivity index (χ1n) is 10.5. The first kappa shape index (κ1) is 18.5. The van der Waals surface area contributed by atoms with Gasteiger partial charge in [0.1, 0.15) is 5.82 Å². The van der Waals surface area contributed by atoms with Crippen LogP contribution in [0, 0.1) is 0 Å². The van der Waals surface area contributed by atoms with E-state index < -0.39 is 0 Å². The molecule has 1 saturated heterocycles. The van der Waals surface area contributed by atoms with Crippen molar-refractivity contribution in [3.63, 3.8) is 0 Å². The third-order valence-corrected chi connectivity index (χ3v) is 6.20. The van der Waals surface area contributed by atoms with Crippen LogP contribution in [0.15, 0.2) is 36.4 Å². The Morgan fingerprint density at radius 1 is 1.07 bits per heavy atom. The first-order chi connectivity index (χ1) is 14.2. The van der Waals surface area contributed by atoms with Gasteiger partial charge in [0, 0.05) is 26.6 Å². The van der Waals surface area contributed by atoms with Crippen LogP contribution < -0.4 is 4.90 Å². The molecule has 0 amide bonds. The monoisotopic (exact) mass is 392 g/mol. The predicted molar refractivity (Wildman–Crippen MR) is 112 cm³/mol. The molecule has 4 heterocycles. The van der Waals surface area contributed by atoms with E-state index in [1.54, 1.807) is 0 Å². The van der Waals surface area contributed by atoms with Crippen molar-refractivity contribution in [2.45, 2.75) is 31.3 Å². The zero-order chi connectivity index (χ0) is 19.8. The van der Waals surface area contributed by atoms with E-state index >= 15 is 0 Å². The Balaban J connectivity index is 1.27. The molecule has 5 rings (SSSR count). The lowest BCUT2D eigenvalue weighted by molar-refractivity contribution is 0.0107. The van der Waals surface area contributed by atoms with Crippen LogP contribution in [0.5, 0.6) is 0 Å². The number of anilines is 1. The fraction of sp³-hybridized carbons (Fsp3) is 0.500. The molecule has 2 aliphatic heterocycles. The van der Waals surface area contributed by atoms with E-state index in [2.05, 4.69) is 39.4 Å². The molecule has 1 atom stereocenters. The summed E-state index contributed by atoms with van der Waals surface area (Å²) >= 11 is 0. The van der Waals surface area contributed by atoms with Gasteiger partial charge < -0.3 is 14.5 Å². The third-order valence-electron chi connectivity index (χ3n) is 6.20. The number of rotatable bonds is 4. The van der Waals surface area contributed by atoms with Crippen molar-refractivity contribution < 1.29 is 4.74 Å². The molecule has 1 fully saturated rings. The average molecular weight is 393 g/mol. The molecule has 1 aromatic carbocycles. The van der Waals surface area contributed by atoms with Gasteiger partial charge in [0.2, 0.25) is 0 Å². The van der Waals surface area contributed by atoms with E-state index in [1.165, 1.54) is 11.1 Å². The summed E-state index contributed by atoms with van der Waals surface area (Å²) in [7, 11) is 4.00. The molecule has 0 saturated carbocycles. The number of piperidine rings is 1. The Bertz CT molecular complexity index is 992. The number of fused-ring (bicyclic) bond motifs is 2. The van der Waals surface area contributed by atoms with Crippen molar-refractivity contribution in [1.82, 2.24) is 24.7 Å². The fourth-order valence-corrected chi connectivity index (χ4v) is 4.53. The highest BCUT2D eigenvalue weighted by Gasteiger charge is 2.28. The van der Waals surface area contributed by atoms with E-state index in [0.29, 0.717) is 5.92 Å². The maximum absolute atomic E-state index is 6.12. The highest BCUT2D eigenvalue weighted by Crippen LogP contribution is 2.31. The van der Waals surface area contributed by atoms with Gasteiger partial charge in [-0.25, -0.2) is 0 Å². The second-order valence-electron chi connectivity index (χ2n) is 8.30. The molecule has 2 aromatic heterocycles. The number of ether oxygens (including phenoxy) is 1. The summed E-state index contributed by atoms with van der Waals surface area (Å²) in [4.78, 5) is 4.54. The predicted octanol–water partition coefficient (Wildman–Crippen LogP) is 2.68. The second kappa shape index (κ2) is 7.72. The van der Waals surface area contributed by atoms with E-state index in [9.17, 15) is 0 Å². The average Bonchev–Trinajstić information content (AvgIpc) is 3.18. The summed E-state index contributed by atoms with van der Waals surface area (Å²) in [6, 6.07) is 12.7. The second-order valence-corrected chi connectivity index (χ2v) is 8.30. The molecular weight excluding hydrogens is 364 g/mol. The van der Waals surface area contributed by atoms with Crippen LogP contribution >= 0.6 is 0 Å². The van der Waals surface area contributed by atoms with Crippen LogP contribution in [-0.4, -0.2) is 65.0 Å². The van der Waals surface area contributed by atoms with E-state index in [4.69, 9.17) is 9.84 Å². The minimum absolute atomic E-state index is 0.190. The smallest absolute Gasteiger partial charge is 0.178 e. The van der Waals surface area contributed by atoms with Gasteiger partial charge in [0.05, 0.1) is 12.7 Å². The maximum Gasteiger partial charge on any atom is 0.178 e. The Labute approximate surface area is 171 Å². The molecule has 0 radical (unpaired) electrons. The molecule has 7 heteroatoms. The van der Waals surface area contributed by atoms with E-state index in [-0.39, 0.29) is 6.10 Å². The first-order valence-corrected chi connectivity index (χ1v) is 10.5. The lowest BCUT2D eigenvalue weighted by Crippen LogP contribution is -2.38. The summed E-state index contributed by atoms with van der Waals surface area (Å²) in [5.74, 6) is 2.30. The van der Waals surface area contributed by atoms with Gasteiger partial charge in [0.15, 0.2) is 11.5 Å². The van der Waals surface area contributed by atoms with Gasteiger partial charge in [-0.2, -0.15) is 4.52 Å². The number of hydrogen-bond donors (Lipinski definition) is 0. The van der Waals surface area contributed by atoms with Crippen LogP contribution in [-0.2, 0) is 11.2 Å². The number of hydrogen-bond acceptors (Lipinski definition) is 6. The topological polar surface area (TPSA) is 58.8 Å². The SMILES string of the molecule is CN(C)c1ccc2nnc(C3CCN(CC4OCCc5ccccc54)CC3)n2n1. The van der Waals surface area contributed by atoms with Crippen molar-refractivity contribution in [2.75, 3.05) is 45.2 Å². The lowest BCUT2D eigenvalue weighted by atomic mass is 9.94. The van der Waals surface area contributed by atoms with Crippen LogP contribution in [0.1, 0.15) is 41.8 Å². The normalized spacial score (nSPS) is 20.7. The molecule has 0 bridgehead atoms. The van der Waals surface area contributed by atoms with Crippen LogP contribution in [0.4, 0.5) is 5.82 Å². The van der Waals surface area contributed by atoms with Gasteiger partial charge in [0.25, 0.3) is 0 Å². The summed E-state index contributed by atoms with van der Waals surface area (Å²) in [6.07, 6.45) is 3.36. The molecule has 3 aromatic rings. The van der Waals surface area contributed by atoms with Crippen molar-refractivity contribution in [3.8, 4) is 0 Å². The molecule has 152 valence electrons. The molecular formula is C22H28N6O. The van der Waals surface area contributed by atoms with E-state index in [0.717, 1.165) is 62.8 Å². The summed E-state index contributed by atoms with van der Waals surface area (Å²) in [6.45, 7) is 3.89. The van der Waals surface area contributed by atoms with Crippen molar-refractivity contribution in [1.29, 1.82) is 0 Å². The molecule has 29 heavy (non-hydrogen) atoms. The van der Waals surface area contributed by atoms with Crippen LogP contribution in [0.2, 0.25) is 0 Å². The Morgan fingerprint density at radius 2 is 1.90 bits per heavy atom. The van der Waals surface area contributed by atoms with Crippen LogP contribution in [0.3, 0.4) is 0 Å². The van der Waals surface area contributed by atoms with Gasteiger partial charge in [-0.3, -0.25) is 0 Å². The molecule has 2 aliphatic rings. The van der Waals surface area contributed by atoms with Gasteiger partial charge in [-0.05, 0) is 55.6 Å². The molecule has 1 unspecified atom stereocenters. The zero-order valence-electron chi connectivity index (χ0n) is 17.2. The maximum atomic E-state index is 6.12. The minimum Gasteiger partial charge on any atom is -0.372 e. The number of benzene rings is 1. The van der Waals surface area contributed by atoms with Gasteiger partial charge in [-0.1, -0.05) is 24.3 Å². The zero-order valence-corrected chi connectivity index (χ0v) is 17.2. The minimum atomic E-state index is 0.190. The third kappa shape index (κ3) is 3.60. The molecule has 0 aliphatic carbocycles. The Hall–Kier alpha value is -2.51. The number of nitrogens with zero attached hydrogens (tertiary/aromatic N) is 6. The Morgan fingerprint density at radius 3 is 2.72 bits per heavy atom. The van der Waals surface area contributed by atoms with Crippen LogP contribution in [0.25, 0.3) is 5.65 Å². The van der Waals surface area contributed by atoms with Crippen molar-refractivity contribution in [2.24, 2.45) is 0 Å². The standard InChI is InChI=1S/C22H28N6O/c1-26(2)21-8-7-20-23-24-22(28(20)25-21)17-9-12-27(13-10-17)15-19-18-6-4-3-5-16(18)11-14-29-19/h3-8,17,19H,9-15H2,1-2H3. The van der Waals surface area contributed by atoms with E-state index in [1.807, 2.05) is 35.6 Å². The Kier molecular flexibility index (Phi) is 4.93. The number of likely N-dealkylation sites (tertiary alicyclic amines) is 1. The van der Waals surface area contributed by atoms with Crippen molar-refractivity contribution in [3.05, 3.63) is 53.3 Å². The summed E-state index contributed by atoms with van der Waals surface area (Å²) < 4.78 is 8.04. The summed E-state index contributed by atoms with van der Waals surface area (Å²) in [5, 5.41) is 13.5. The summed E-state index contributed by atoms with van der Waals surface area (Å²) in [5.41, 5.74) is 3.63. The molecule has 0 spiro atoms. The fourth-order valence-electron chi connectivity index (χ4n) is 4.53. The van der Waals surface area contributed by atoms with Crippen molar-refractivity contribution >= 4 is 11.5 Å². The highest BCUT2D eigenvalue weighted by atomic mass is 16.5. The number of aromatic nitrogens is 4. The largest absolute Gasteiger partial charge is 0.372 e. The van der Waals surface area contributed by atoms with Gasteiger partial charge in [-0.15, -0.1) is 15.3 Å².